The van der Waals surface area contributed by atoms with Crippen LogP contribution in [0.2, 0.25) is 0 Å². The minimum Gasteiger partial charge on any atom is -0.394 e. The lowest BCUT2D eigenvalue weighted by atomic mass is 10.1. The van der Waals surface area contributed by atoms with E-state index in [4.69, 9.17) is 9.29 Å². The molecule has 0 rings (SSSR count). The van der Waals surface area contributed by atoms with Gasteiger partial charge in [0.15, 0.2) is 0 Å². The number of nitrogens with one attached hydrogen (secondary N) is 1. The molecule has 0 aliphatic heterocycles. The van der Waals surface area contributed by atoms with Gasteiger partial charge in [-0.15, -0.1) is 0 Å². The molecule has 0 heterocycles. The van der Waals surface area contributed by atoms with Crippen molar-refractivity contribution in [1.29, 1.82) is 0 Å². The van der Waals surface area contributed by atoms with Crippen molar-refractivity contribution in [2.24, 2.45) is 0 Å². The van der Waals surface area contributed by atoms with Gasteiger partial charge in [0, 0.05) is 14.2 Å². The third kappa shape index (κ3) is 7.73. The van der Waals surface area contributed by atoms with E-state index < -0.39 is 15.7 Å². The van der Waals surface area contributed by atoms with Crippen LogP contribution in [0.1, 0.15) is 13.8 Å². The molecule has 0 fully saturated rings. The Morgan fingerprint density at radius 2 is 2.00 bits per heavy atom. The van der Waals surface area contributed by atoms with Crippen LogP contribution in [-0.2, 0) is 14.9 Å². The lowest BCUT2D eigenvalue weighted by Crippen LogP contribution is -2.21. The summed E-state index contributed by atoms with van der Waals surface area (Å²) in [6.45, 7) is 3.56. The number of allylic oxidation sites excluding steroid dienone is 2. The molecule has 1 atom stereocenters. The summed E-state index contributed by atoms with van der Waals surface area (Å²) in [6.07, 6.45) is 6.54. The van der Waals surface area contributed by atoms with E-state index in [9.17, 15) is 8.42 Å². The third-order valence-corrected chi connectivity index (χ3v) is 2.54. The van der Waals surface area contributed by atoms with Gasteiger partial charge in [-0.1, -0.05) is 6.08 Å². The summed E-state index contributed by atoms with van der Waals surface area (Å²) in [7, 11) is -0.901. The fourth-order valence-corrected chi connectivity index (χ4v) is 1.43. The second kappa shape index (κ2) is 6.58. The quantitative estimate of drug-likeness (QED) is 0.559. The Balaban J connectivity index is 4.93. The van der Waals surface area contributed by atoms with Gasteiger partial charge in [0.1, 0.15) is 5.60 Å². The van der Waals surface area contributed by atoms with Crippen molar-refractivity contribution in [2.75, 3.05) is 14.2 Å². The zero-order chi connectivity index (χ0) is 13.5. The van der Waals surface area contributed by atoms with E-state index in [2.05, 4.69) is 5.32 Å². The molecule has 98 valence electrons. The summed E-state index contributed by atoms with van der Waals surface area (Å²) >= 11 is 0. The van der Waals surface area contributed by atoms with E-state index in [0.29, 0.717) is 5.41 Å². The fraction of sp³-hybridized carbons (Fsp3) is 0.455. The smallest absolute Gasteiger partial charge is 0.287 e. The highest BCUT2D eigenvalue weighted by molar-refractivity contribution is 7.88. The largest absolute Gasteiger partial charge is 0.394 e. The maximum atomic E-state index is 10.6. The maximum absolute atomic E-state index is 10.6. The molecule has 5 nitrogen and oxygen atoms in total. The Morgan fingerprint density at radius 1 is 1.41 bits per heavy atom. The first kappa shape index (κ1) is 15.9. The van der Waals surface area contributed by atoms with Crippen LogP contribution in [0.3, 0.4) is 0 Å². The first-order valence-electron chi connectivity index (χ1n) is 4.97. The number of hydrogen-bond acceptors (Lipinski definition) is 4. The second-order valence-corrected chi connectivity index (χ2v) is 5.02. The predicted molar refractivity (Wildman–Crippen MR) is 68.1 cm³/mol. The molecule has 0 aromatic carbocycles. The van der Waals surface area contributed by atoms with E-state index in [1.807, 2.05) is 6.92 Å². The van der Waals surface area contributed by atoms with Crippen molar-refractivity contribution in [3.8, 4) is 0 Å². The molecule has 0 radical (unpaired) electrons. The predicted octanol–water partition coefficient (Wildman–Crippen LogP) is 1.47. The Morgan fingerprint density at radius 3 is 2.41 bits per heavy atom. The highest BCUT2D eigenvalue weighted by Crippen LogP contribution is 2.15. The van der Waals surface area contributed by atoms with Crippen LogP contribution >= 0.6 is 0 Å². The summed E-state index contributed by atoms with van der Waals surface area (Å²) in [5.41, 5.74) is 0.0644. The van der Waals surface area contributed by atoms with Crippen LogP contribution in [0.15, 0.2) is 35.4 Å². The van der Waals surface area contributed by atoms with Gasteiger partial charge in [0.05, 0.1) is 5.41 Å². The molecular weight excluding hydrogens is 242 g/mol. The summed E-state index contributed by atoms with van der Waals surface area (Å²) in [6, 6.07) is 0. The Bertz CT molecular complexity index is 423. The van der Waals surface area contributed by atoms with Crippen LogP contribution in [0, 0.1) is 0 Å². The van der Waals surface area contributed by atoms with Gasteiger partial charge in [0.2, 0.25) is 0 Å². The normalized spacial score (nSPS) is 17.6. The topological polar surface area (TPSA) is 75.6 Å². The summed E-state index contributed by atoms with van der Waals surface area (Å²) in [5, 5.41) is 3.58. The zero-order valence-corrected chi connectivity index (χ0v) is 11.3. The molecule has 0 aromatic heterocycles. The minimum absolute atomic E-state index is 0.706. The first-order chi connectivity index (χ1) is 7.72. The van der Waals surface area contributed by atoms with Crippen molar-refractivity contribution in [2.45, 2.75) is 19.4 Å². The van der Waals surface area contributed by atoms with Gasteiger partial charge in [-0.3, -0.25) is 4.55 Å². The van der Waals surface area contributed by atoms with Crippen molar-refractivity contribution in [3.63, 3.8) is 0 Å². The van der Waals surface area contributed by atoms with Crippen molar-refractivity contribution in [3.05, 3.63) is 35.4 Å². The average Bonchev–Trinajstić information content (AvgIpc) is 2.23. The van der Waals surface area contributed by atoms with Crippen LogP contribution < -0.4 is 5.32 Å². The molecule has 17 heavy (non-hydrogen) atoms. The van der Waals surface area contributed by atoms with Crippen molar-refractivity contribution in [1.82, 2.24) is 5.32 Å². The van der Waals surface area contributed by atoms with E-state index in [1.165, 1.54) is 13.2 Å². The molecular formula is C11H19NO4S. The molecule has 0 bridgehead atoms. The number of methoxy groups -OCH3 is 1. The summed E-state index contributed by atoms with van der Waals surface area (Å²) in [5.74, 6) is 0. The zero-order valence-electron chi connectivity index (χ0n) is 10.5. The van der Waals surface area contributed by atoms with Gasteiger partial charge in [-0.25, -0.2) is 0 Å². The Kier molecular flexibility index (Phi) is 6.15. The van der Waals surface area contributed by atoms with Gasteiger partial charge in [-0.2, -0.15) is 8.42 Å². The third-order valence-electron chi connectivity index (χ3n) is 2.06. The van der Waals surface area contributed by atoms with Crippen molar-refractivity contribution >= 4 is 10.1 Å². The molecule has 0 aromatic rings. The lowest BCUT2D eigenvalue weighted by Gasteiger charge is -2.19. The molecule has 0 aliphatic carbocycles. The Labute approximate surface area is 103 Å². The lowest BCUT2D eigenvalue weighted by molar-refractivity contribution is 0.0907. The molecule has 0 spiro atoms. The summed E-state index contributed by atoms with van der Waals surface area (Å²) in [4.78, 5) is 0. The first-order valence-corrected chi connectivity index (χ1v) is 6.48. The standard InChI is InChI=1S/C11H19NO4S/c1-10(9-12-3)5-6-11(2,16-4)7-8-17(13,14)15/h5-9,12H,1-4H3,(H,13,14,15)/b6-5-,8-7+,10-9-. The van der Waals surface area contributed by atoms with Crippen LogP contribution in [-0.4, -0.2) is 32.7 Å². The molecule has 6 heteroatoms. The van der Waals surface area contributed by atoms with E-state index >= 15 is 0 Å². The number of ether oxygens (including phenoxy) is 1. The van der Waals surface area contributed by atoms with E-state index in [-0.39, 0.29) is 0 Å². The molecule has 2 N–H and O–H groups in total. The van der Waals surface area contributed by atoms with Crippen molar-refractivity contribution < 1.29 is 17.7 Å². The number of hydrogen-bond donors (Lipinski definition) is 2. The van der Waals surface area contributed by atoms with Gasteiger partial charge in [0.25, 0.3) is 10.1 Å². The van der Waals surface area contributed by atoms with E-state index in [0.717, 1.165) is 5.57 Å². The molecule has 0 saturated carbocycles. The highest BCUT2D eigenvalue weighted by atomic mass is 32.2. The number of rotatable bonds is 6. The van der Waals surface area contributed by atoms with Gasteiger partial charge in [-0.05, 0) is 37.8 Å². The minimum atomic E-state index is -4.14. The maximum Gasteiger partial charge on any atom is 0.287 e. The average molecular weight is 261 g/mol. The fourth-order valence-electron chi connectivity index (χ4n) is 0.985. The molecule has 0 saturated heterocycles. The summed E-state index contributed by atoms with van der Waals surface area (Å²) < 4.78 is 35.0. The highest BCUT2D eigenvalue weighted by Gasteiger charge is 2.16. The van der Waals surface area contributed by atoms with Crippen LogP contribution in [0.4, 0.5) is 0 Å². The van der Waals surface area contributed by atoms with Crippen LogP contribution in [0.25, 0.3) is 0 Å². The van der Waals surface area contributed by atoms with Gasteiger partial charge >= 0.3 is 0 Å². The SMILES string of the molecule is CN/C=C(C)\C=C/C(C)(/C=C/S(=O)(=O)O)OC. The molecule has 0 aliphatic rings. The Hall–Kier alpha value is -1.11. The second-order valence-electron chi connectivity index (χ2n) is 3.72. The molecule has 1 unspecified atom stereocenters. The van der Waals surface area contributed by atoms with Crippen LogP contribution in [0.5, 0.6) is 0 Å². The van der Waals surface area contributed by atoms with Gasteiger partial charge < -0.3 is 10.1 Å². The van der Waals surface area contributed by atoms with E-state index in [1.54, 1.807) is 32.3 Å². The molecule has 0 amide bonds. The monoisotopic (exact) mass is 261 g/mol.